The fraction of sp³-hybridized carbons (Fsp3) is 0.250. The molecule has 0 aliphatic carbocycles. The number of hydrogen-bond acceptors (Lipinski definition) is 4. The van der Waals surface area contributed by atoms with Gasteiger partial charge in [-0.3, -0.25) is 0 Å². The van der Waals surface area contributed by atoms with Gasteiger partial charge in [0.1, 0.15) is 15.8 Å². The second-order valence-electron chi connectivity index (χ2n) is 5.00. The third-order valence-corrected chi connectivity index (χ3v) is 5.75. The first-order valence-electron chi connectivity index (χ1n) is 6.66. The summed E-state index contributed by atoms with van der Waals surface area (Å²) in [6.07, 6.45) is 0. The molecule has 2 nitrogen and oxygen atoms in total. The Bertz CT molecular complexity index is 811. The zero-order chi connectivity index (χ0) is 15.0. The van der Waals surface area contributed by atoms with Crippen LogP contribution < -0.4 is 0 Å². The zero-order valence-corrected chi connectivity index (χ0v) is 14.5. The molecule has 108 valence electrons. The Balaban J connectivity index is 1.88. The zero-order valence-electron chi connectivity index (χ0n) is 12.1. The van der Waals surface area contributed by atoms with Gasteiger partial charge < -0.3 is 0 Å². The molecule has 0 radical (unpaired) electrons. The summed E-state index contributed by atoms with van der Waals surface area (Å²) in [5.74, 6) is 1.52. The minimum Gasteiger partial charge on any atom is -0.221 e. The average molecular weight is 335 g/mol. The number of aromatic nitrogens is 2. The number of hydrogen-bond donors (Lipinski definition) is 0. The molecule has 3 aromatic rings. The predicted octanol–water partition coefficient (Wildman–Crippen LogP) is 5.56. The Morgan fingerprint density at radius 1 is 1.19 bits per heavy atom. The van der Waals surface area contributed by atoms with Gasteiger partial charge in [-0.15, -0.1) is 23.1 Å². The van der Waals surface area contributed by atoms with Gasteiger partial charge in [-0.25, -0.2) is 9.97 Å². The molecule has 0 saturated heterocycles. The van der Waals surface area contributed by atoms with Gasteiger partial charge in [-0.05, 0) is 38.5 Å². The number of rotatable bonds is 3. The Kier molecular flexibility index (Phi) is 4.20. The van der Waals surface area contributed by atoms with Crippen molar-refractivity contribution in [2.24, 2.45) is 0 Å². The van der Waals surface area contributed by atoms with Crippen molar-refractivity contribution < 1.29 is 0 Å². The van der Waals surface area contributed by atoms with E-state index in [-0.39, 0.29) is 0 Å². The van der Waals surface area contributed by atoms with Crippen molar-refractivity contribution in [2.45, 2.75) is 31.4 Å². The summed E-state index contributed by atoms with van der Waals surface area (Å²) in [4.78, 5) is 12.6. The molecule has 0 aliphatic heterocycles. The first-order chi connectivity index (χ1) is 10.0. The molecule has 0 N–H and O–H groups in total. The van der Waals surface area contributed by atoms with Crippen LogP contribution >= 0.6 is 34.7 Å². The molecule has 0 saturated carbocycles. The van der Waals surface area contributed by atoms with Crippen LogP contribution in [-0.2, 0) is 5.75 Å². The Labute approximate surface area is 137 Å². The monoisotopic (exact) mass is 334 g/mol. The van der Waals surface area contributed by atoms with Crippen molar-refractivity contribution in [3.05, 3.63) is 51.2 Å². The van der Waals surface area contributed by atoms with Gasteiger partial charge >= 0.3 is 0 Å². The first kappa shape index (κ1) is 14.8. The van der Waals surface area contributed by atoms with E-state index in [9.17, 15) is 0 Å². The second-order valence-corrected chi connectivity index (χ2v) is 7.61. The number of nitrogens with zero attached hydrogens (tertiary/aromatic N) is 2. The molecule has 0 amide bonds. The average Bonchev–Trinajstić information content (AvgIpc) is 2.72. The highest BCUT2D eigenvalue weighted by atomic mass is 35.5. The Morgan fingerprint density at radius 2 is 2.00 bits per heavy atom. The van der Waals surface area contributed by atoms with E-state index in [1.165, 1.54) is 20.9 Å². The molecule has 0 atom stereocenters. The van der Waals surface area contributed by atoms with E-state index < -0.39 is 0 Å². The molecule has 0 bridgehead atoms. The maximum atomic E-state index is 6.33. The highest BCUT2D eigenvalue weighted by Gasteiger charge is 2.13. The van der Waals surface area contributed by atoms with Crippen molar-refractivity contribution in [3.8, 4) is 0 Å². The van der Waals surface area contributed by atoms with Crippen LogP contribution in [0.25, 0.3) is 10.2 Å². The van der Waals surface area contributed by atoms with Crippen molar-refractivity contribution in [1.82, 2.24) is 9.97 Å². The lowest BCUT2D eigenvalue weighted by atomic mass is 10.2. The molecule has 3 rings (SSSR count). The van der Waals surface area contributed by atoms with E-state index in [0.29, 0.717) is 5.15 Å². The fourth-order valence-corrected chi connectivity index (χ4v) is 4.46. The van der Waals surface area contributed by atoms with Crippen LogP contribution in [0.2, 0.25) is 5.15 Å². The molecular formula is C16H15ClN2S2. The minimum atomic E-state index is 0.571. The number of benzene rings is 1. The molecule has 0 unspecified atom stereocenters. The summed E-state index contributed by atoms with van der Waals surface area (Å²) in [5, 5.41) is 1.57. The molecule has 0 fully saturated rings. The quantitative estimate of drug-likeness (QED) is 0.463. The van der Waals surface area contributed by atoms with E-state index in [0.717, 1.165) is 21.8 Å². The van der Waals surface area contributed by atoms with Crippen molar-refractivity contribution in [2.75, 3.05) is 0 Å². The summed E-state index contributed by atoms with van der Waals surface area (Å²) < 4.78 is 0. The molecule has 21 heavy (non-hydrogen) atoms. The third-order valence-electron chi connectivity index (χ3n) is 3.39. The normalized spacial score (nSPS) is 11.2. The van der Waals surface area contributed by atoms with Crippen LogP contribution in [0.4, 0.5) is 0 Å². The van der Waals surface area contributed by atoms with Gasteiger partial charge in [0.05, 0.1) is 11.1 Å². The lowest BCUT2D eigenvalue weighted by molar-refractivity contribution is 1.07. The SMILES string of the molecule is Cc1cccc(SCc2nc(Cl)c3c(C)c(C)sc3n2)c1. The molecule has 2 heterocycles. The van der Waals surface area contributed by atoms with Gasteiger partial charge in [-0.1, -0.05) is 29.3 Å². The number of halogens is 1. The van der Waals surface area contributed by atoms with Crippen molar-refractivity contribution >= 4 is 44.9 Å². The minimum absolute atomic E-state index is 0.571. The molecule has 0 spiro atoms. The lowest BCUT2D eigenvalue weighted by Crippen LogP contribution is -1.93. The molecule has 1 aromatic carbocycles. The number of fused-ring (bicyclic) bond motifs is 1. The van der Waals surface area contributed by atoms with E-state index in [4.69, 9.17) is 11.6 Å². The summed E-state index contributed by atoms with van der Waals surface area (Å²) >= 11 is 9.76. The maximum absolute atomic E-state index is 6.33. The lowest BCUT2D eigenvalue weighted by Gasteiger charge is -2.03. The highest BCUT2D eigenvalue weighted by Crippen LogP contribution is 2.33. The van der Waals surface area contributed by atoms with Crippen LogP contribution in [0.1, 0.15) is 21.8 Å². The van der Waals surface area contributed by atoms with E-state index in [1.54, 1.807) is 23.1 Å². The van der Waals surface area contributed by atoms with Crippen LogP contribution in [0, 0.1) is 20.8 Å². The van der Waals surface area contributed by atoms with Gasteiger partial charge in [-0.2, -0.15) is 0 Å². The summed E-state index contributed by atoms with van der Waals surface area (Å²) in [7, 11) is 0. The fourth-order valence-electron chi connectivity index (χ4n) is 2.16. The Hall–Kier alpha value is -1.10. The van der Waals surface area contributed by atoms with Gasteiger partial charge in [0, 0.05) is 9.77 Å². The first-order valence-corrected chi connectivity index (χ1v) is 8.84. The van der Waals surface area contributed by atoms with Gasteiger partial charge in [0.2, 0.25) is 0 Å². The van der Waals surface area contributed by atoms with Crippen LogP contribution in [-0.4, -0.2) is 9.97 Å². The second kappa shape index (κ2) is 5.95. The Morgan fingerprint density at radius 3 is 2.76 bits per heavy atom. The predicted molar refractivity (Wildman–Crippen MR) is 92.6 cm³/mol. The standard InChI is InChI=1S/C16H15ClN2S2/c1-9-5-4-6-12(7-9)20-8-13-18-15(17)14-10(2)11(3)21-16(14)19-13/h4-7H,8H2,1-3H3. The summed E-state index contributed by atoms with van der Waals surface area (Å²) in [6, 6.07) is 8.45. The number of thioether (sulfide) groups is 1. The highest BCUT2D eigenvalue weighted by molar-refractivity contribution is 7.98. The van der Waals surface area contributed by atoms with Gasteiger partial charge in [0.25, 0.3) is 0 Å². The van der Waals surface area contributed by atoms with Gasteiger partial charge in [0.15, 0.2) is 0 Å². The van der Waals surface area contributed by atoms with E-state index in [1.807, 2.05) is 0 Å². The summed E-state index contributed by atoms with van der Waals surface area (Å²) in [6.45, 7) is 6.27. The molecular weight excluding hydrogens is 320 g/mol. The molecule has 0 aliphatic rings. The van der Waals surface area contributed by atoms with E-state index >= 15 is 0 Å². The van der Waals surface area contributed by atoms with Crippen molar-refractivity contribution in [1.29, 1.82) is 0 Å². The van der Waals surface area contributed by atoms with Crippen LogP contribution in [0.3, 0.4) is 0 Å². The van der Waals surface area contributed by atoms with Crippen LogP contribution in [0.5, 0.6) is 0 Å². The molecule has 5 heteroatoms. The smallest absolute Gasteiger partial charge is 0.142 e. The van der Waals surface area contributed by atoms with E-state index in [2.05, 4.69) is 55.0 Å². The number of aryl methyl sites for hydroxylation is 3. The largest absolute Gasteiger partial charge is 0.221 e. The van der Waals surface area contributed by atoms with Crippen LogP contribution in [0.15, 0.2) is 29.2 Å². The summed E-state index contributed by atoms with van der Waals surface area (Å²) in [5.41, 5.74) is 2.46. The maximum Gasteiger partial charge on any atom is 0.142 e. The third kappa shape index (κ3) is 3.07. The van der Waals surface area contributed by atoms with Crippen molar-refractivity contribution in [3.63, 3.8) is 0 Å². The number of thiophene rings is 1. The molecule has 2 aromatic heterocycles. The topological polar surface area (TPSA) is 25.8 Å².